The van der Waals surface area contributed by atoms with Crippen LogP contribution in [-0.4, -0.2) is 6.61 Å². The standard InChI is InChI=1S/C33H38F4O/c1-3-5-6-7-22-8-13-24(14-9-22)27-19-18-26(30(34)31(27)35)17-12-23-10-15-25(16-11-23)28-20-21-29(38-4-2)33(37)32(28)36/h10-11,15-16,18-22,24H,3-9,12-14,17H2,1-2H3. The number of hydrogen-bond acceptors (Lipinski definition) is 1. The molecular formula is C33H38F4O. The normalized spacial score (nSPS) is 17.5. The lowest BCUT2D eigenvalue weighted by atomic mass is 9.76. The molecule has 0 saturated heterocycles. The molecule has 0 radical (unpaired) electrons. The molecule has 1 nitrogen and oxygen atoms in total. The van der Waals surface area contributed by atoms with Crippen LogP contribution in [0.25, 0.3) is 11.1 Å². The van der Waals surface area contributed by atoms with Crippen molar-refractivity contribution in [2.45, 2.75) is 84.0 Å². The third-order valence-corrected chi connectivity index (χ3v) is 7.99. The van der Waals surface area contributed by atoms with Crippen molar-refractivity contribution in [3.63, 3.8) is 0 Å². The Balaban J connectivity index is 1.36. The molecule has 0 bridgehead atoms. The van der Waals surface area contributed by atoms with Gasteiger partial charge in [0.05, 0.1) is 6.61 Å². The van der Waals surface area contributed by atoms with Crippen molar-refractivity contribution < 1.29 is 22.3 Å². The smallest absolute Gasteiger partial charge is 0.201 e. The second kappa shape index (κ2) is 13.3. The van der Waals surface area contributed by atoms with Gasteiger partial charge in [-0.05, 0) is 91.7 Å². The van der Waals surface area contributed by atoms with Crippen LogP contribution in [0.2, 0.25) is 0 Å². The number of ether oxygens (including phenoxy) is 1. The molecule has 0 heterocycles. The molecule has 3 aromatic rings. The monoisotopic (exact) mass is 526 g/mol. The van der Waals surface area contributed by atoms with E-state index in [9.17, 15) is 13.2 Å². The van der Waals surface area contributed by atoms with E-state index in [1.807, 2.05) is 12.1 Å². The van der Waals surface area contributed by atoms with Crippen LogP contribution >= 0.6 is 0 Å². The first kappa shape index (κ1) is 28.2. The summed E-state index contributed by atoms with van der Waals surface area (Å²) in [6, 6.07) is 13.5. The maximum absolute atomic E-state index is 15.1. The van der Waals surface area contributed by atoms with Gasteiger partial charge in [-0.2, -0.15) is 4.39 Å². The van der Waals surface area contributed by atoms with Gasteiger partial charge in [0.15, 0.2) is 23.2 Å². The van der Waals surface area contributed by atoms with E-state index in [4.69, 9.17) is 4.74 Å². The fourth-order valence-corrected chi connectivity index (χ4v) is 5.71. The van der Waals surface area contributed by atoms with Crippen LogP contribution in [0.15, 0.2) is 48.5 Å². The van der Waals surface area contributed by atoms with Crippen LogP contribution in [0.1, 0.15) is 87.8 Å². The van der Waals surface area contributed by atoms with E-state index < -0.39 is 23.3 Å². The van der Waals surface area contributed by atoms with Crippen molar-refractivity contribution in [2.75, 3.05) is 6.61 Å². The average Bonchev–Trinajstić information content (AvgIpc) is 2.93. The SMILES string of the molecule is CCCCCC1CCC(c2ccc(CCc3ccc(-c4ccc(OCC)c(F)c4F)cc3)c(F)c2F)CC1. The summed E-state index contributed by atoms with van der Waals surface area (Å²) in [5, 5.41) is 0. The Labute approximate surface area is 224 Å². The van der Waals surface area contributed by atoms with Crippen molar-refractivity contribution in [1.29, 1.82) is 0 Å². The first-order valence-electron chi connectivity index (χ1n) is 14.1. The Morgan fingerprint density at radius 1 is 0.711 bits per heavy atom. The molecule has 1 saturated carbocycles. The van der Waals surface area contributed by atoms with Crippen LogP contribution in [0.3, 0.4) is 0 Å². The molecule has 0 N–H and O–H groups in total. The van der Waals surface area contributed by atoms with Crippen LogP contribution in [0.4, 0.5) is 17.6 Å². The molecule has 0 spiro atoms. The van der Waals surface area contributed by atoms with Crippen molar-refractivity contribution in [3.8, 4) is 16.9 Å². The highest BCUT2D eigenvalue weighted by Gasteiger charge is 2.26. The molecule has 4 rings (SSSR count). The third kappa shape index (κ3) is 6.59. The molecule has 1 aliphatic rings. The zero-order valence-electron chi connectivity index (χ0n) is 22.5. The zero-order valence-corrected chi connectivity index (χ0v) is 22.5. The molecule has 0 aromatic heterocycles. The van der Waals surface area contributed by atoms with E-state index in [0.29, 0.717) is 29.5 Å². The predicted molar refractivity (Wildman–Crippen MR) is 146 cm³/mol. The average molecular weight is 527 g/mol. The molecule has 5 heteroatoms. The molecule has 0 aliphatic heterocycles. The second-order valence-corrected chi connectivity index (χ2v) is 10.5. The van der Waals surface area contributed by atoms with Gasteiger partial charge in [-0.3, -0.25) is 0 Å². The fraction of sp³-hybridized carbons (Fsp3) is 0.455. The molecular weight excluding hydrogens is 488 g/mol. The molecule has 3 aromatic carbocycles. The van der Waals surface area contributed by atoms with Gasteiger partial charge in [-0.15, -0.1) is 0 Å². The number of halogens is 4. The number of benzene rings is 3. The lowest BCUT2D eigenvalue weighted by Crippen LogP contribution is -2.15. The Bertz CT molecular complexity index is 1200. The highest BCUT2D eigenvalue weighted by molar-refractivity contribution is 5.65. The summed E-state index contributed by atoms with van der Waals surface area (Å²) in [4.78, 5) is 0. The topological polar surface area (TPSA) is 9.23 Å². The lowest BCUT2D eigenvalue weighted by molar-refractivity contribution is 0.297. The largest absolute Gasteiger partial charge is 0.491 e. The number of hydrogen-bond donors (Lipinski definition) is 0. The van der Waals surface area contributed by atoms with Crippen molar-refractivity contribution in [3.05, 3.63) is 88.5 Å². The highest BCUT2D eigenvalue weighted by atomic mass is 19.2. The van der Waals surface area contributed by atoms with Gasteiger partial charge in [-0.1, -0.05) is 69.0 Å². The zero-order chi connectivity index (χ0) is 27.1. The van der Waals surface area contributed by atoms with Gasteiger partial charge in [0.2, 0.25) is 5.82 Å². The molecule has 0 amide bonds. The van der Waals surface area contributed by atoms with Gasteiger partial charge in [0, 0.05) is 5.56 Å². The maximum atomic E-state index is 15.1. The van der Waals surface area contributed by atoms with Crippen LogP contribution in [0.5, 0.6) is 5.75 Å². The number of rotatable bonds is 11. The van der Waals surface area contributed by atoms with Crippen molar-refractivity contribution >= 4 is 0 Å². The molecule has 1 aliphatic carbocycles. The van der Waals surface area contributed by atoms with E-state index in [1.165, 1.54) is 37.8 Å². The lowest BCUT2D eigenvalue weighted by Gasteiger charge is -2.29. The van der Waals surface area contributed by atoms with Crippen LogP contribution < -0.4 is 4.74 Å². The highest BCUT2D eigenvalue weighted by Crippen LogP contribution is 2.39. The van der Waals surface area contributed by atoms with Gasteiger partial charge in [0.25, 0.3) is 0 Å². The van der Waals surface area contributed by atoms with Gasteiger partial charge < -0.3 is 4.74 Å². The van der Waals surface area contributed by atoms with E-state index in [1.54, 1.807) is 31.2 Å². The second-order valence-electron chi connectivity index (χ2n) is 10.5. The minimum Gasteiger partial charge on any atom is -0.491 e. The maximum Gasteiger partial charge on any atom is 0.201 e. The summed E-state index contributed by atoms with van der Waals surface area (Å²) in [5.74, 6) is -2.68. The Hall–Kier alpha value is -2.82. The predicted octanol–water partition coefficient (Wildman–Crippen LogP) is 9.95. The summed E-state index contributed by atoms with van der Waals surface area (Å²) in [7, 11) is 0. The number of aryl methyl sites for hydroxylation is 2. The van der Waals surface area contributed by atoms with Crippen LogP contribution in [-0.2, 0) is 12.8 Å². The molecule has 0 unspecified atom stereocenters. The third-order valence-electron chi connectivity index (χ3n) is 7.99. The van der Waals surface area contributed by atoms with Gasteiger partial charge in [0.1, 0.15) is 0 Å². The Kier molecular flexibility index (Phi) is 9.87. The first-order chi connectivity index (χ1) is 18.4. The Morgan fingerprint density at radius 2 is 1.45 bits per heavy atom. The van der Waals surface area contributed by atoms with Crippen LogP contribution in [0, 0.1) is 29.2 Å². The molecule has 1 fully saturated rings. The van der Waals surface area contributed by atoms with E-state index in [-0.39, 0.29) is 23.8 Å². The minimum absolute atomic E-state index is 0.0985. The summed E-state index contributed by atoms with van der Waals surface area (Å²) >= 11 is 0. The van der Waals surface area contributed by atoms with Gasteiger partial charge in [-0.25, -0.2) is 13.2 Å². The quantitative estimate of drug-likeness (QED) is 0.178. The Morgan fingerprint density at radius 3 is 2.13 bits per heavy atom. The van der Waals surface area contributed by atoms with Gasteiger partial charge >= 0.3 is 0 Å². The summed E-state index contributed by atoms with van der Waals surface area (Å²) in [5.41, 5.74) is 2.48. The fourth-order valence-electron chi connectivity index (χ4n) is 5.71. The van der Waals surface area contributed by atoms with E-state index in [2.05, 4.69) is 6.92 Å². The first-order valence-corrected chi connectivity index (χ1v) is 14.1. The van der Waals surface area contributed by atoms with Crippen molar-refractivity contribution in [2.24, 2.45) is 5.92 Å². The van der Waals surface area contributed by atoms with E-state index in [0.717, 1.165) is 37.2 Å². The number of unbranched alkanes of at least 4 members (excludes halogenated alkanes) is 2. The summed E-state index contributed by atoms with van der Waals surface area (Å²) < 4.78 is 63.9. The summed E-state index contributed by atoms with van der Waals surface area (Å²) in [6.45, 7) is 4.17. The van der Waals surface area contributed by atoms with E-state index >= 15 is 4.39 Å². The molecule has 0 atom stereocenters. The van der Waals surface area contributed by atoms with Crippen molar-refractivity contribution in [1.82, 2.24) is 0 Å². The summed E-state index contributed by atoms with van der Waals surface area (Å²) in [6.07, 6.45) is 9.94. The minimum atomic E-state index is -1.01. The molecule has 204 valence electrons. The molecule has 38 heavy (non-hydrogen) atoms.